The summed E-state index contributed by atoms with van der Waals surface area (Å²) in [4.78, 5) is 14.5. The summed E-state index contributed by atoms with van der Waals surface area (Å²) in [5, 5.41) is 12.4. The van der Waals surface area contributed by atoms with Gasteiger partial charge < -0.3 is 19.7 Å². The number of hydrogen-bond donors (Lipinski definition) is 1. The first kappa shape index (κ1) is 18.1. The van der Waals surface area contributed by atoms with Crippen molar-refractivity contribution in [1.29, 1.82) is 5.26 Å². The van der Waals surface area contributed by atoms with E-state index in [1.807, 2.05) is 12.1 Å². The van der Waals surface area contributed by atoms with Crippen molar-refractivity contribution in [2.45, 2.75) is 0 Å². The number of ether oxygens (including phenoxy) is 2. The van der Waals surface area contributed by atoms with E-state index in [1.54, 1.807) is 36.4 Å². The lowest BCUT2D eigenvalue weighted by molar-refractivity contribution is -0.118. The van der Waals surface area contributed by atoms with Gasteiger partial charge in [-0.1, -0.05) is 23.7 Å². The van der Waals surface area contributed by atoms with Gasteiger partial charge in [-0.3, -0.25) is 4.79 Å². The molecule has 6 nitrogen and oxygen atoms in total. The van der Waals surface area contributed by atoms with Crippen LogP contribution in [0.15, 0.2) is 42.5 Å². The van der Waals surface area contributed by atoms with E-state index >= 15 is 0 Å². The Hall–Kier alpha value is -2.75. The summed E-state index contributed by atoms with van der Waals surface area (Å²) < 4.78 is 10.9. The maximum Gasteiger partial charge on any atom is 0.262 e. The van der Waals surface area contributed by atoms with Crippen molar-refractivity contribution in [3.05, 3.63) is 53.1 Å². The Morgan fingerprint density at radius 3 is 2.81 bits per heavy atom. The van der Waals surface area contributed by atoms with Crippen molar-refractivity contribution in [2.75, 3.05) is 43.1 Å². The number of nitrogens with zero attached hydrogens (tertiary/aromatic N) is 2. The molecule has 134 valence electrons. The fourth-order valence-corrected chi connectivity index (χ4v) is 2.87. The lowest BCUT2D eigenvalue weighted by Gasteiger charge is -2.30. The molecule has 0 spiro atoms. The highest BCUT2D eigenvalue weighted by Gasteiger charge is 2.17. The molecule has 1 fully saturated rings. The second kappa shape index (κ2) is 8.56. The van der Waals surface area contributed by atoms with Gasteiger partial charge in [0.05, 0.1) is 30.2 Å². The summed E-state index contributed by atoms with van der Waals surface area (Å²) >= 11 is 6.09. The number of morpholine rings is 1. The van der Waals surface area contributed by atoms with Crippen LogP contribution in [0.5, 0.6) is 5.75 Å². The van der Waals surface area contributed by atoms with E-state index in [1.165, 1.54) is 0 Å². The summed E-state index contributed by atoms with van der Waals surface area (Å²) in [6.45, 7) is 2.58. The van der Waals surface area contributed by atoms with Crippen molar-refractivity contribution in [1.82, 2.24) is 0 Å². The van der Waals surface area contributed by atoms with Gasteiger partial charge in [0.15, 0.2) is 6.61 Å². The molecule has 1 amide bonds. The van der Waals surface area contributed by atoms with Crippen molar-refractivity contribution in [2.24, 2.45) is 0 Å². The number of nitrogens with one attached hydrogen (secondary N) is 1. The van der Waals surface area contributed by atoms with Crippen molar-refractivity contribution in [3.63, 3.8) is 0 Å². The minimum atomic E-state index is -0.325. The summed E-state index contributed by atoms with van der Waals surface area (Å²) in [6, 6.07) is 14.2. The number of carbonyl (C=O) groups is 1. The molecule has 0 atom stereocenters. The number of carbonyl (C=O) groups excluding carboxylic acids is 1. The number of rotatable bonds is 5. The van der Waals surface area contributed by atoms with E-state index in [-0.39, 0.29) is 12.5 Å². The van der Waals surface area contributed by atoms with Crippen LogP contribution in [0.3, 0.4) is 0 Å². The molecule has 26 heavy (non-hydrogen) atoms. The molecule has 0 radical (unpaired) electrons. The van der Waals surface area contributed by atoms with Crippen molar-refractivity contribution in [3.8, 4) is 11.8 Å². The van der Waals surface area contributed by atoms with Crippen LogP contribution in [-0.4, -0.2) is 38.8 Å². The van der Waals surface area contributed by atoms with Crippen LogP contribution < -0.4 is 15.0 Å². The first-order valence-corrected chi connectivity index (χ1v) is 8.59. The topological polar surface area (TPSA) is 74.6 Å². The molecule has 0 aliphatic carbocycles. The number of anilines is 2. The monoisotopic (exact) mass is 371 g/mol. The SMILES string of the molecule is N#Cc1ccccc1OCC(=O)Nc1cc(Cl)ccc1N1CCOCC1. The Morgan fingerprint density at radius 2 is 2.04 bits per heavy atom. The van der Waals surface area contributed by atoms with Gasteiger partial charge in [0, 0.05) is 18.1 Å². The first-order chi connectivity index (χ1) is 12.7. The molecule has 2 aromatic carbocycles. The smallest absolute Gasteiger partial charge is 0.262 e. The number of para-hydroxylation sites is 1. The maximum absolute atomic E-state index is 12.3. The van der Waals surface area contributed by atoms with Crippen LogP contribution in [0.4, 0.5) is 11.4 Å². The van der Waals surface area contributed by atoms with Gasteiger partial charge in [-0.25, -0.2) is 0 Å². The number of amides is 1. The van der Waals surface area contributed by atoms with E-state index in [2.05, 4.69) is 10.2 Å². The maximum atomic E-state index is 12.3. The number of halogens is 1. The lowest BCUT2D eigenvalue weighted by Crippen LogP contribution is -2.37. The standard InChI is InChI=1S/C19H18ClN3O3/c20-15-5-6-17(23-7-9-25-10-8-23)16(11-15)22-19(24)13-26-18-4-2-1-3-14(18)12-21/h1-6,11H,7-10,13H2,(H,22,24). The van der Waals surface area contributed by atoms with Crippen LogP contribution >= 0.6 is 11.6 Å². The summed E-state index contributed by atoms with van der Waals surface area (Å²) in [5.74, 6) is 0.0548. The highest BCUT2D eigenvalue weighted by molar-refractivity contribution is 6.31. The molecule has 1 saturated heterocycles. The molecule has 0 saturated carbocycles. The van der Waals surface area contributed by atoms with Gasteiger partial charge in [0.25, 0.3) is 5.91 Å². The third-order valence-corrected chi connectivity index (χ3v) is 4.19. The van der Waals surface area contributed by atoms with Crippen LogP contribution in [0.25, 0.3) is 0 Å². The molecule has 1 aliphatic rings. The second-order valence-corrected chi connectivity index (χ2v) is 6.14. The quantitative estimate of drug-likeness (QED) is 0.874. The van der Waals surface area contributed by atoms with E-state index in [9.17, 15) is 4.79 Å². The van der Waals surface area contributed by atoms with Gasteiger partial charge in [0.2, 0.25) is 0 Å². The molecule has 0 unspecified atom stereocenters. The molecule has 1 heterocycles. The second-order valence-electron chi connectivity index (χ2n) is 5.71. The molecule has 1 N–H and O–H groups in total. The summed E-state index contributed by atoms with van der Waals surface area (Å²) in [5.41, 5.74) is 1.90. The Labute approximate surface area is 156 Å². The zero-order valence-corrected chi connectivity index (χ0v) is 14.8. The molecule has 7 heteroatoms. The van der Waals surface area contributed by atoms with Gasteiger partial charge >= 0.3 is 0 Å². The Bertz CT molecular complexity index is 829. The predicted octanol–water partition coefficient (Wildman–Crippen LogP) is 3.07. The Kier molecular flexibility index (Phi) is 5.95. The molecular formula is C19H18ClN3O3. The molecule has 2 aromatic rings. The van der Waals surface area contributed by atoms with Crippen LogP contribution in [0.2, 0.25) is 5.02 Å². The summed E-state index contributed by atoms with van der Waals surface area (Å²) in [6.07, 6.45) is 0. The normalized spacial score (nSPS) is 13.8. The zero-order valence-electron chi connectivity index (χ0n) is 14.1. The Balaban J connectivity index is 1.69. The highest BCUT2D eigenvalue weighted by Crippen LogP contribution is 2.30. The third-order valence-electron chi connectivity index (χ3n) is 3.95. The highest BCUT2D eigenvalue weighted by atomic mass is 35.5. The predicted molar refractivity (Wildman–Crippen MR) is 99.8 cm³/mol. The van der Waals surface area contributed by atoms with Gasteiger partial charge in [0.1, 0.15) is 11.8 Å². The molecule has 0 aromatic heterocycles. The van der Waals surface area contributed by atoms with Crippen molar-refractivity contribution >= 4 is 28.9 Å². The van der Waals surface area contributed by atoms with Crippen LogP contribution in [0, 0.1) is 11.3 Å². The average Bonchev–Trinajstić information content (AvgIpc) is 2.67. The minimum absolute atomic E-state index is 0.201. The van der Waals surface area contributed by atoms with Gasteiger partial charge in [-0.05, 0) is 30.3 Å². The molecule has 1 aliphatic heterocycles. The zero-order chi connectivity index (χ0) is 18.4. The summed E-state index contributed by atoms with van der Waals surface area (Å²) in [7, 11) is 0. The Morgan fingerprint density at radius 1 is 1.27 bits per heavy atom. The fraction of sp³-hybridized carbons (Fsp3) is 0.263. The average molecular weight is 372 g/mol. The first-order valence-electron chi connectivity index (χ1n) is 8.21. The van der Waals surface area contributed by atoms with E-state index in [0.29, 0.717) is 35.2 Å². The van der Waals surface area contributed by atoms with Crippen molar-refractivity contribution < 1.29 is 14.3 Å². The third kappa shape index (κ3) is 4.45. The van der Waals surface area contributed by atoms with E-state index in [4.69, 9.17) is 26.3 Å². The molecular weight excluding hydrogens is 354 g/mol. The van der Waals surface area contributed by atoms with Crippen LogP contribution in [0.1, 0.15) is 5.56 Å². The largest absolute Gasteiger partial charge is 0.482 e. The minimum Gasteiger partial charge on any atom is -0.482 e. The van der Waals surface area contributed by atoms with E-state index < -0.39 is 0 Å². The van der Waals surface area contributed by atoms with Crippen LogP contribution in [-0.2, 0) is 9.53 Å². The van der Waals surface area contributed by atoms with E-state index in [0.717, 1.165) is 18.8 Å². The van der Waals surface area contributed by atoms with Gasteiger partial charge in [-0.2, -0.15) is 5.26 Å². The lowest BCUT2D eigenvalue weighted by atomic mass is 10.2. The number of benzene rings is 2. The molecule has 0 bridgehead atoms. The number of nitriles is 1. The fourth-order valence-electron chi connectivity index (χ4n) is 2.70. The molecule has 3 rings (SSSR count). The number of hydrogen-bond acceptors (Lipinski definition) is 5. The van der Waals surface area contributed by atoms with Gasteiger partial charge in [-0.15, -0.1) is 0 Å².